The minimum Gasteiger partial charge on any atom is -0.465 e. The Hall–Kier alpha value is -2.53. The third-order valence-corrected chi connectivity index (χ3v) is 3.46. The molecule has 0 atom stereocenters. The lowest BCUT2D eigenvalue weighted by molar-refractivity contribution is -0.116. The molecule has 0 spiro atoms. The van der Waals surface area contributed by atoms with Crippen LogP contribution in [-0.2, 0) is 4.79 Å². The standard InChI is InChI=1S/C17H17ClN2O3/c18-13-8-10-15(11-9-13)20(17(22)23)12-4-7-16(21)19-14-5-2-1-3-6-14/h1-3,5-6,8-11H,4,7,12H2,(H,19,21)(H,22,23). The summed E-state index contributed by atoms with van der Waals surface area (Å²) >= 11 is 5.80. The number of carbonyl (C=O) groups excluding carboxylic acids is 1. The normalized spacial score (nSPS) is 10.1. The summed E-state index contributed by atoms with van der Waals surface area (Å²) in [7, 11) is 0. The Balaban J connectivity index is 1.86. The molecule has 0 fully saturated rings. The maximum absolute atomic E-state index is 11.9. The molecule has 6 heteroatoms. The van der Waals surface area contributed by atoms with Gasteiger partial charge in [-0.25, -0.2) is 4.79 Å². The van der Waals surface area contributed by atoms with Crippen molar-refractivity contribution in [1.82, 2.24) is 0 Å². The molecule has 0 radical (unpaired) electrons. The molecule has 2 N–H and O–H groups in total. The third kappa shape index (κ3) is 5.30. The van der Waals surface area contributed by atoms with E-state index in [2.05, 4.69) is 5.32 Å². The van der Waals surface area contributed by atoms with Crippen molar-refractivity contribution in [3.8, 4) is 0 Å². The van der Waals surface area contributed by atoms with Gasteiger partial charge in [0.1, 0.15) is 0 Å². The van der Waals surface area contributed by atoms with Crippen LogP contribution in [0.5, 0.6) is 0 Å². The molecular weight excluding hydrogens is 316 g/mol. The van der Waals surface area contributed by atoms with Crippen LogP contribution in [-0.4, -0.2) is 23.7 Å². The SMILES string of the molecule is O=C(CCCN(C(=O)O)c1ccc(Cl)cc1)Nc1ccccc1. The third-order valence-electron chi connectivity index (χ3n) is 3.21. The molecule has 120 valence electrons. The van der Waals surface area contributed by atoms with Crippen molar-refractivity contribution in [2.75, 3.05) is 16.8 Å². The topological polar surface area (TPSA) is 69.6 Å². The molecule has 0 saturated heterocycles. The number of carboxylic acid groups (broad SMARTS) is 1. The molecule has 0 saturated carbocycles. The van der Waals surface area contributed by atoms with Gasteiger partial charge in [0.25, 0.3) is 0 Å². The molecule has 2 rings (SSSR count). The van der Waals surface area contributed by atoms with Crippen molar-refractivity contribution < 1.29 is 14.7 Å². The molecule has 0 aliphatic heterocycles. The summed E-state index contributed by atoms with van der Waals surface area (Å²) in [5, 5.41) is 12.6. The number of halogens is 1. The molecule has 2 amide bonds. The maximum Gasteiger partial charge on any atom is 0.411 e. The quantitative estimate of drug-likeness (QED) is 0.831. The van der Waals surface area contributed by atoms with Crippen LogP contribution in [0.2, 0.25) is 5.02 Å². The molecule has 0 bridgehead atoms. The van der Waals surface area contributed by atoms with Gasteiger partial charge in [0.05, 0.1) is 0 Å². The van der Waals surface area contributed by atoms with Crippen molar-refractivity contribution in [2.45, 2.75) is 12.8 Å². The molecule has 2 aromatic carbocycles. The zero-order valence-corrected chi connectivity index (χ0v) is 13.2. The summed E-state index contributed by atoms with van der Waals surface area (Å²) in [5.41, 5.74) is 1.26. The zero-order valence-electron chi connectivity index (χ0n) is 12.4. The number of hydrogen-bond acceptors (Lipinski definition) is 2. The van der Waals surface area contributed by atoms with Crippen molar-refractivity contribution in [2.24, 2.45) is 0 Å². The highest BCUT2D eigenvalue weighted by Crippen LogP contribution is 2.19. The number of benzene rings is 2. The lowest BCUT2D eigenvalue weighted by atomic mass is 10.2. The largest absolute Gasteiger partial charge is 0.465 e. The molecule has 5 nitrogen and oxygen atoms in total. The first-order valence-electron chi connectivity index (χ1n) is 7.17. The molecule has 2 aromatic rings. The van der Waals surface area contributed by atoms with Gasteiger partial charge in [0.15, 0.2) is 0 Å². The number of hydrogen-bond donors (Lipinski definition) is 2. The second-order valence-electron chi connectivity index (χ2n) is 4.93. The van der Waals surface area contributed by atoms with Crippen LogP contribution < -0.4 is 10.2 Å². The van der Waals surface area contributed by atoms with E-state index < -0.39 is 6.09 Å². The van der Waals surface area contributed by atoms with Gasteiger partial charge in [-0.3, -0.25) is 9.69 Å². The van der Waals surface area contributed by atoms with Crippen molar-refractivity contribution in [1.29, 1.82) is 0 Å². The van der Waals surface area contributed by atoms with Crippen LogP contribution >= 0.6 is 11.6 Å². The molecule has 23 heavy (non-hydrogen) atoms. The average molecular weight is 333 g/mol. The Morgan fingerprint density at radius 2 is 1.70 bits per heavy atom. The monoisotopic (exact) mass is 332 g/mol. The zero-order chi connectivity index (χ0) is 16.7. The molecular formula is C17H17ClN2O3. The van der Waals surface area contributed by atoms with Gasteiger partial charge in [0.2, 0.25) is 5.91 Å². The predicted molar refractivity (Wildman–Crippen MR) is 91.1 cm³/mol. The van der Waals surface area contributed by atoms with E-state index in [4.69, 9.17) is 11.6 Å². The van der Waals surface area contributed by atoms with Crippen LogP contribution in [0.3, 0.4) is 0 Å². The number of anilines is 2. The van der Waals surface area contributed by atoms with E-state index in [1.807, 2.05) is 18.2 Å². The van der Waals surface area contributed by atoms with E-state index >= 15 is 0 Å². The molecule has 0 aliphatic carbocycles. The van der Waals surface area contributed by atoms with Crippen LogP contribution in [0, 0.1) is 0 Å². The number of carbonyl (C=O) groups is 2. The van der Waals surface area contributed by atoms with Crippen molar-refractivity contribution in [3.63, 3.8) is 0 Å². The fourth-order valence-corrected chi connectivity index (χ4v) is 2.22. The lowest BCUT2D eigenvalue weighted by Crippen LogP contribution is -2.30. The van der Waals surface area contributed by atoms with Crippen LogP contribution in [0.15, 0.2) is 54.6 Å². The minimum atomic E-state index is -1.06. The summed E-state index contributed by atoms with van der Waals surface area (Å²) in [6.07, 6.45) is -0.393. The molecule has 0 unspecified atom stereocenters. The fourth-order valence-electron chi connectivity index (χ4n) is 2.10. The molecule has 0 heterocycles. The van der Waals surface area contributed by atoms with Crippen LogP contribution in [0.1, 0.15) is 12.8 Å². The summed E-state index contributed by atoms with van der Waals surface area (Å²) in [5.74, 6) is -0.141. The highest BCUT2D eigenvalue weighted by atomic mass is 35.5. The Bertz CT molecular complexity index is 659. The second-order valence-corrected chi connectivity index (χ2v) is 5.36. The van der Waals surface area contributed by atoms with Crippen molar-refractivity contribution >= 4 is 35.0 Å². The Morgan fingerprint density at radius 1 is 1.04 bits per heavy atom. The lowest BCUT2D eigenvalue weighted by Gasteiger charge is -2.19. The predicted octanol–water partition coefficient (Wildman–Crippen LogP) is 4.24. The van der Waals surface area contributed by atoms with E-state index in [0.717, 1.165) is 5.69 Å². The van der Waals surface area contributed by atoms with E-state index in [9.17, 15) is 14.7 Å². The van der Waals surface area contributed by atoms with Gasteiger partial charge < -0.3 is 10.4 Å². The van der Waals surface area contributed by atoms with Gasteiger partial charge in [-0.15, -0.1) is 0 Å². The first-order chi connectivity index (χ1) is 11.1. The van der Waals surface area contributed by atoms with Crippen LogP contribution in [0.4, 0.5) is 16.2 Å². The molecule has 0 aliphatic rings. The fraction of sp³-hybridized carbons (Fsp3) is 0.176. The Morgan fingerprint density at radius 3 is 2.30 bits per heavy atom. The number of rotatable bonds is 6. The summed E-state index contributed by atoms with van der Waals surface area (Å²) in [6.45, 7) is 0.235. The van der Waals surface area contributed by atoms with Gasteiger partial charge in [0, 0.05) is 29.4 Å². The van der Waals surface area contributed by atoms with Gasteiger partial charge >= 0.3 is 6.09 Å². The van der Waals surface area contributed by atoms with E-state index in [0.29, 0.717) is 17.1 Å². The number of para-hydroxylation sites is 1. The molecule has 0 aromatic heterocycles. The summed E-state index contributed by atoms with van der Waals surface area (Å²) in [6, 6.07) is 15.7. The Labute approximate surface area is 139 Å². The van der Waals surface area contributed by atoms with E-state index in [1.54, 1.807) is 36.4 Å². The highest BCUT2D eigenvalue weighted by Gasteiger charge is 2.14. The van der Waals surface area contributed by atoms with Gasteiger partial charge in [-0.1, -0.05) is 29.8 Å². The summed E-state index contributed by atoms with van der Waals surface area (Å²) < 4.78 is 0. The van der Waals surface area contributed by atoms with E-state index in [-0.39, 0.29) is 18.9 Å². The average Bonchev–Trinajstić information content (AvgIpc) is 2.53. The second kappa shape index (κ2) is 8.19. The minimum absolute atomic E-state index is 0.141. The number of nitrogens with zero attached hydrogens (tertiary/aromatic N) is 1. The highest BCUT2D eigenvalue weighted by molar-refractivity contribution is 6.30. The van der Waals surface area contributed by atoms with Crippen LogP contribution in [0.25, 0.3) is 0 Å². The first kappa shape index (κ1) is 16.8. The summed E-state index contributed by atoms with van der Waals surface area (Å²) in [4.78, 5) is 24.4. The smallest absolute Gasteiger partial charge is 0.411 e. The van der Waals surface area contributed by atoms with Gasteiger partial charge in [-0.2, -0.15) is 0 Å². The van der Waals surface area contributed by atoms with E-state index in [1.165, 1.54) is 4.90 Å². The number of nitrogens with one attached hydrogen (secondary N) is 1. The maximum atomic E-state index is 11.9. The van der Waals surface area contributed by atoms with Gasteiger partial charge in [-0.05, 0) is 42.8 Å². The van der Waals surface area contributed by atoms with Crippen molar-refractivity contribution in [3.05, 3.63) is 59.6 Å². The number of amides is 2. The Kier molecular flexibility index (Phi) is 6.00. The first-order valence-corrected chi connectivity index (χ1v) is 7.55.